The van der Waals surface area contributed by atoms with E-state index in [0.29, 0.717) is 0 Å². The topological polar surface area (TPSA) is 470 Å². The van der Waals surface area contributed by atoms with E-state index < -0.39 is 230 Å². The molecule has 0 aromatic heterocycles. The number of aliphatic hydroxyl groups excluding tert-OH is 16. The minimum Gasteiger partial charge on any atom is -0.425 e. The molecule has 13 rings (SSSR count). The molecule has 31 heteroatoms. The number of ether oxygens (including phenoxy) is 14. The van der Waals surface area contributed by atoms with Gasteiger partial charge in [-0.2, -0.15) is 0 Å². The van der Waals surface area contributed by atoms with Crippen molar-refractivity contribution in [3.05, 3.63) is 0 Å². The van der Waals surface area contributed by atoms with Crippen LogP contribution in [0.25, 0.3) is 0 Å². The molecule has 13 saturated heterocycles. The Labute approximate surface area is 382 Å². The van der Waals surface area contributed by atoms with Gasteiger partial charge in [0.15, 0.2) is 49.9 Å². The molecule has 13 aliphatic rings. The summed E-state index contributed by atoms with van der Waals surface area (Å²) < 4.78 is 79.8. The minimum absolute atomic E-state index is 0.986. The van der Waals surface area contributed by atoms with Crippen LogP contribution in [0.15, 0.2) is 0 Å². The zero-order valence-electron chi connectivity index (χ0n) is 35.3. The van der Waals surface area contributed by atoms with Gasteiger partial charge < -0.3 is 148 Å². The molecular weight excluding hydrogens is 940 g/mol. The highest BCUT2D eigenvalue weighted by Crippen LogP contribution is 2.39. The highest BCUT2D eigenvalue weighted by Gasteiger charge is 2.60. The Hall–Kier alpha value is -1.85. The summed E-state index contributed by atoms with van der Waals surface area (Å²) in [5, 5.41) is 175. The first-order chi connectivity index (χ1) is 32.5. The van der Waals surface area contributed by atoms with Gasteiger partial charge >= 0.3 is 6.16 Å². The van der Waals surface area contributed by atoms with Gasteiger partial charge in [0, 0.05) is 0 Å². The number of hydrogen-bond donors (Lipinski definition) is 16. The first-order valence-corrected chi connectivity index (χ1v) is 21.7. The fraction of sp³-hybridized carbons (Fsp3) is 0.973. The molecule has 13 fully saturated rings. The lowest BCUT2D eigenvalue weighted by Crippen LogP contribution is -2.69. The third-order valence-corrected chi connectivity index (χ3v) is 13.1. The van der Waals surface area contributed by atoms with Crippen LogP contribution in [-0.4, -0.2) is 312 Å². The number of carbonyl (C=O) groups is 1. The molecule has 0 aliphatic carbocycles. The van der Waals surface area contributed by atoms with Crippen LogP contribution in [0.2, 0.25) is 0 Å². The highest BCUT2D eigenvalue weighted by molar-refractivity contribution is 5.61. The predicted octanol–water partition coefficient (Wildman–Crippen LogP) is -11.9. The maximum atomic E-state index is 13.5. The molecule has 0 saturated carbocycles. The van der Waals surface area contributed by atoms with Crippen molar-refractivity contribution in [1.29, 1.82) is 0 Å². The van der Waals surface area contributed by atoms with E-state index in [-0.39, 0.29) is 0 Å². The molecule has 0 aromatic rings. The monoisotopic (exact) mass is 998 g/mol. The quantitative estimate of drug-likeness (QED) is 0.110. The maximum absolute atomic E-state index is 13.5. The molecular formula is C37H58O31. The average Bonchev–Trinajstić information content (AvgIpc) is 3.36. The van der Waals surface area contributed by atoms with Crippen molar-refractivity contribution in [1.82, 2.24) is 0 Å². The third-order valence-electron chi connectivity index (χ3n) is 13.1. The zero-order valence-corrected chi connectivity index (χ0v) is 35.3. The van der Waals surface area contributed by atoms with Crippen molar-refractivity contribution in [2.24, 2.45) is 0 Å². The van der Waals surface area contributed by atoms with Gasteiger partial charge in [0.25, 0.3) is 0 Å². The van der Waals surface area contributed by atoms with E-state index in [1.807, 2.05) is 0 Å². The molecule has 12 bridgehead atoms. The molecule has 16 N–H and O–H groups in total. The van der Waals surface area contributed by atoms with Crippen LogP contribution < -0.4 is 0 Å². The van der Waals surface area contributed by atoms with Crippen LogP contribution in [0.1, 0.15) is 0 Å². The van der Waals surface area contributed by atoms with Gasteiger partial charge in [0.1, 0.15) is 134 Å². The van der Waals surface area contributed by atoms with Crippen molar-refractivity contribution in [3.63, 3.8) is 0 Å². The van der Waals surface area contributed by atoms with Crippen molar-refractivity contribution < 1.29 is 153 Å². The third kappa shape index (κ3) is 9.73. The number of rotatable bonds is 6. The van der Waals surface area contributed by atoms with Crippen LogP contribution in [0.5, 0.6) is 0 Å². The average molecular weight is 999 g/mol. The van der Waals surface area contributed by atoms with E-state index in [2.05, 4.69) is 0 Å². The molecule has 0 aromatic carbocycles. The van der Waals surface area contributed by atoms with E-state index in [0.717, 1.165) is 0 Å². The van der Waals surface area contributed by atoms with Crippen LogP contribution in [0.4, 0.5) is 4.79 Å². The second-order valence-electron chi connectivity index (χ2n) is 17.3. The summed E-state index contributed by atoms with van der Waals surface area (Å²) in [5.74, 6) is 0. The smallest absolute Gasteiger partial charge is 0.425 e. The maximum Gasteiger partial charge on any atom is 0.509 e. The Bertz CT molecular complexity index is 1640. The van der Waals surface area contributed by atoms with Crippen molar-refractivity contribution >= 4 is 6.16 Å². The van der Waals surface area contributed by atoms with Gasteiger partial charge in [0.05, 0.1) is 39.6 Å². The lowest BCUT2D eigenvalue weighted by Gasteiger charge is -2.50. The van der Waals surface area contributed by atoms with Gasteiger partial charge in [-0.15, -0.1) is 0 Å². The fourth-order valence-electron chi connectivity index (χ4n) is 9.42. The molecule has 31 nitrogen and oxygen atoms in total. The Kier molecular flexibility index (Phi) is 16.7. The van der Waals surface area contributed by atoms with E-state index in [4.69, 9.17) is 66.3 Å². The first kappa shape index (κ1) is 52.5. The summed E-state index contributed by atoms with van der Waals surface area (Å²) in [6.07, 6.45) is -60.0. The SMILES string of the molecule is O=C1O[C@@H]2[C@@H](O)[C@H]3O[C@@H]4[C@H](O1)[C@@H](O)[C@@H](O[C@H]1[C@H](O)[C@@H](O)[C@@H](O[C@H]5[C@H](O)[C@@H](O)[C@@H](O[C@H]6[C@H](O)[C@@H](O)[C@@H](O[C@H]7[C@H](O)[C@@H](O)[C@@H](O[C@H]2[C@@H](CO)O3)O[C@@H]7CO)O[C@@H]6CO)O[C@@H]5CO)O[C@@H]1CO)O[C@@H]4CO. The predicted molar refractivity (Wildman–Crippen MR) is 199 cm³/mol. The standard InChI is InChI=1S/C37H58O31/c38-1-7-23-14(45)18(49)32(56-7)63-25-9(3-40)58-34(20(51)16(25)47)65-27-11(5-42)60-36-22(53)30(27)68-37(54)67-29-21(52)35(59-12(6-43)28(29)66-36)64-26-10(4-41)57-33(19(50)15(26)46)62-24-8(2-39)55-31(61-23)17(48)13(24)44/h7-36,38-53H,1-6H2/t7-,8-,9-,10-,11-,12-,13-,14-,15-,16-,17-,18-,19-,20-,21-,22-,23-,24-,25-,26-,27+,28+,29-,30-,31-,32-,33-,34-,35-,36-/m1/s1. The Morgan fingerprint density at radius 3 is 0.662 bits per heavy atom. The molecule has 13 heterocycles. The first-order valence-electron chi connectivity index (χ1n) is 21.7. The second-order valence-corrected chi connectivity index (χ2v) is 17.3. The highest BCUT2D eigenvalue weighted by atomic mass is 16.8. The molecule has 0 radical (unpaired) electrons. The van der Waals surface area contributed by atoms with Gasteiger partial charge in [-0.3, -0.25) is 0 Å². The Morgan fingerprint density at radius 2 is 0.441 bits per heavy atom. The minimum atomic E-state index is -2.19. The van der Waals surface area contributed by atoms with E-state index in [1.165, 1.54) is 0 Å². The van der Waals surface area contributed by atoms with Crippen molar-refractivity contribution in [3.8, 4) is 0 Å². The lowest BCUT2D eigenvalue weighted by atomic mass is 9.94. The summed E-state index contributed by atoms with van der Waals surface area (Å²) in [6.45, 7) is -6.02. The summed E-state index contributed by atoms with van der Waals surface area (Å²) in [6, 6.07) is 0. The molecule has 68 heavy (non-hydrogen) atoms. The Balaban J connectivity index is 1.14. The summed E-state index contributed by atoms with van der Waals surface area (Å²) in [5.41, 5.74) is 0. The van der Waals surface area contributed by atoms with Crippen LogP contribution in [0.3, 0.4) is 0 Å². The lowest BCUT2D eigenvalue weighted by molar-refractivity contribution is -0.401. The summed E-state index contributed by atoms with van der Waals surface area (Å²) >= 11 is 0. The molecule has 392 valence electrons. The summed E-state index contributed by atoms with van der Waals surface area (Å²) in [4.78, 5) is 13.5. The summed E-state index contributed by atoms with van der Waals surface area (Å²) in [7, 11) is 0. The normalized spacial score (nSPS) is 54.7. The molecule has 13 aliphatic heterocycles. The van der Waals surface area contributed by atoms with Crippen molar-refractivity contribution in [2.45, 2.75) is 184 Å². The van der Waals surface area contributed by atoms with Gasteiger partial charge in [0.2, 0.25) is 0 Å². The zero-order chi connectivity index (χ0) is 49.0. The largest absolute Gasteiger partial charge is 0.509 e. The van der Waals surface area contributed by atoms with E-state index >= 15 is 0 Å². The van der Waals surface area contributed by atoms with Crippen LogP contribution in [-0.2, 0) is 66.3 Å². The van der Waals surface area contributed by atoms with E-state index in [1.54, 1.807) is 0 Å². The van der Waals surface area contributed by atoms with Crippen LogP contribution >= 0.6 is 0 Å². The number of aliphatic hydroxyl groups is 16. The van der Waals surface area contributed by atoms with Crippen molar-refractivity contribution in [2.75, 3.05) is 39.6 Å². The molecule has 0 spiro atoms. The van der Waals surface area contributed by atoms with E-state index in [9.17, 15) is 86.5 Å². The fourth-order valence-corrected chi connectivity index (χ4v) is 9.42. The van der Waals surface area contributed by atoms with Gasteiger partial charge in [-0.1, -0.05) is 0 Å². The molecule has 0 amide bonds. The number of carbonyl (C=O) groups excluding carboxylic acids is 1. The molecule has 30 atom stereocenters. The number of hydrogen-bond acceptors (Lipinski definition) is 31. The second kappa shape index (κ2) is 21.7. The number of fused-ring (bicyclic) bond motifs is 3. The van der Waals surface area contributed by atoms with Gasteiger partial charge in [-0.25, -0.2) is 4.79 Å². The Morgan fingerprint density at radius 1 is 0.250 bits per heavy atom. The molecule has 0 unspecified atom stereocenters. The van der Waals surface area contributed by atoms with Gasteiger partial charge in [-0.05, 0) is 0 Å². The van der Waals surface area contributed by atoms with Crippen LogP contribution in [0, 0.1) is 0 Å².